The van der Waals surface area contributed by atoms with Gasteiger partial charge in [-0.1, -0.05) is 0 Å². The van der Waals surface area contributed by atoms with Gasteiger partial charge in [-0.15, -0.1) is 0 Å². The monoisotopic (exact) mass is 236 g/mol. The molecule has 0 saturated carbocycles. The molecule has 0 spiro atoms. The first-order valence-corrected chi connectivity index (χ1v) is 4.90. The van der Waals surface area contributed by atoms with Crippen LogP contribution >= 0.6 is 0 Å². The Morgan fingerprint density at radius 2 is 1.65 bits per heavy atom. The van der Waals surface area contributed by atoms with Crippen LogP contribution in [0.1, 0.15) is 41.5 Å². The van der Waals surface area contributed by atoms with Crippen LogP contribution in [0.5, 0.6) is 11.5 Å². The highest BCUT2D eigenvalue weighted by Gasteiger charge is 2.20. The van der Waals surface area contributed by atoms with E-state index in [1.165, 1.54) is 32.9 Å². The molecule has 5 heteroatoms. The molecule has 0 heterocycles. The molecule has 90 valence electrons. The van der Waals surface area contributed by atoms with Crippen molar-refractivity contribution < 1.29 is 24.2 Å². The lowest BCUT2D eigenvalue weighted by Gasteiger charge is -2.10. The zero-order valence-electron chi connectivity index (χ0n) is 9.73. The van der Waals surface area contributed by atoms with Crippen LogP contribution in [0.15, 0.2) is 12.1 Å². The second kappa shape index (κ2) is 4.78. The second-order valence-corrected chi connectivity index (χ2v) is 3.54. The molecule has 5 nitrogen and oxygen atoms in total. The molecule has 1 N–H and O–H groups in total. The van der Waals surface area contributed by atoms with Crippen molar-refractivity contribution in [3.63, 3.8) is 0 Å². The smallest absolute Gasteiger partial charge is 0.308 e. The largest absolute Gasteiger partial charge is 0.506 e. The van der Waals surface area contributed by atoms with Gasteiger partial charge in [0.1, 0.15) is 17.1 Å². The van der Waals surface area contributed by atoms with Gasteiger partial charge in [0.15, 0.2) is 11.6 Å². The molecule has 0 radical (unpaired) electrons. The summed E-state index contributed by atoms with van der Waals surface area (Å²) in [7, 11) is 0. The molecule has 0 atom stereocenters. The number of ketones is 2. The van der Waals surface area contributed by atoms with Crippen LogP contribution < -0.4 is 4.74 Å². The number of aromatic hydroxyl groups is 1. The minimum atomic E-state index is -0.609. The van der Waals surface area contributed by atoms with Gasteiger partial charge >= 0.3 is 5.97 Å². The number of esters is 1. The summed E-state index contributed by atoms with van der Waals surface area (Å²) in [6, 6.07) is 2.62. The minimum absolute atomic E-state index is 0.0195. The quantitative estimate of drug-likeness (QED) is 0.491. The number of phenols is 1. The van der Waals surface area contributed by atoms with Gasteiger partial charge in [-0.3, -0.25) is 14.4 Å². The summed E-state index contributed by atoms with van der Waals surface area (Å²) in [5, 5.41) is 9.79. The van der Waals surface area contributed by atoms with E-state index >= 15 is 0 Å². The highest BCUT2D eigenvalue weighted by atomic mass is 16.5. The first kappa shape index (κ1) is 12.9. The normalized spacial score (nSPS) is 9.82. The van der Waals surface area contributed by atoms with Crippen LogP contribution in [-0.4, -0.2) is 22.6 Å². The van der Waals surface area contributed by atoms with Crippen molar-refractivity contribution in [2.75, 3.05) is 0 Å². The van der Waals surface area contributed by atoms with Crippen molar-refractivity contribution in [2.45, 2.75) is 20.8 Å². The van der Waals surface area contributed by atoms with Gasteiger partial charge in [0.25, 0.3) is 0 Å². The lowest BCUT2D eigenvalue weighted by molar-refractivity contribution is -0.131. The van der Waals surface area contributed by atoms with E-state index in [9.17, 15) is 19.5 Å². The fraction of sp³-hybridized carbons (Fsp3) is 0.250. The fourth-order valence-corrected chi connectivity index (χ4v) is 1.44. The molecule has 0 saturated heterocycles. The third-order valence-electron chi connectivity index (χ3n) is 2.12. The molecule has 1 aromatic carbocycles. The number of hydrogen-bond donors (Lipinski definition) is 1. The number of benzene rings is 1. The molecule has 0 bridgehead atoms. The van der Waals surface area contributed by atoms with Crippen molar-refractivity contribution in [1.29, 1.82) is 0 Å². The molecule has 0 amide bonds. The van der Waals surface area contributed by atoms with Crippen molar-refractivity contribution in [2.24, 2.45) is 0 Å². The summed E-state index contributed by atoms with van der Waals surface area (Å²) in [4.78, 5) is 33.4. The van der Waals surface area contributed by atoms with Crippen LogP contribution in [0.3, 0.4) is 0 Å². The Morgan fingerprint density at radius 3 is 2.06 bits per heavy atom. The first-order chi connectivity index (χ1) is 7.84. The molecule has 17 heavy (non-hydrogen) atoms. The van der Waals surface area contributed by atoms with E-state index in [0.29, 0.717) is 0 Å². The number of Topliss-reactive ketones (excluding diaryl/α,β-unsaturated/α-hetero) is 2. The number of carbonyl (C=O) groups excluding carboxylic acids is 3. The fourth-order valence-electron chi connectivity index (χ4n) is 1.44. The van der Waals surface area contributed by atoms with Crippen LogP contribution in [0, 0.1) is 0 Å². The van der Waals surface area contributed by atoms with Crippen LogP contribution in [-0.2, 0) is 4.79 Å². The molecule has 1 rings (SSSR count). The molecule has 1 aromatic rings. The number of hydrogen-bond acceptors (Lipinski definition) is 5. The van der Waals surface area contributed by atoms with Crippen molar-refractivity contribution in [1.82, 2.24) is 0 Å². The standard InChI is InChI=1S/C12H12O5/c1-6(13)9-4-5-10(17-8(3)15)11(7(2)14)12(9)16/h4-5,16H,1-3H3. The number of carbonyl (C=O) groups is 3. The van der Waals surface area contributed by atoms with E-state index < -0.39 is 17.5 Å². The maximum absolute atomic E-state index is 11.4. The molecule has 0 aliphatic heterocycles. The van der Waals surface area contributed by atoms with E-state index in [2.05, 4.69) is 0 Å². The van der Waals surface area contributed by atoms with Gasteiger partial charge in [0, 0.05) is 6.92 Å². The lowest BCUT2D eigenvalue weighted by Crippen LogP contribution is -2.08. The Balaban J connectivity index is 3.44. The number of ether oxygens (including phenoxy) is 1. The van der Waals surface area contributed by atoms with Gasteiger partial charge in [-0.05, 0) is 26.0 Å². The summed E-state index contributed by atoms with van der Waals surface area (Å²) in [5.74, 6) is -1.97. The van der Waals surface area contributed by atoms with E-state index in [0.717, 1.165) is 0 Å². The topological polar surface area (TPSA) is 80.7 Å². The van der Waals surface area contributed by atoms with E-state index in [-0.39, 0.29) is 22.7 Å². The summed E-state index contributed by atoms with van der Waals surface area (Å²) in [5.41, 5.74) is -0.140. The molecule has 0 aliphatic rings. The third kappa shape index (κ3) is 2.69. The van der Waals surface area contributed by atoms with Crippen molar-refractivity contribution in [3.05, 3.63) is 23.3 Å². The maximum atomic E-state index is 11.4. The van der Waals surface area contributed by atoms with Gasteiger partial charge < -0.3 is 9.84 Å². The number of rotatable bonds is 3. The summed E-state index contributed by atoms with van der Waals surface area (Å²) < 4.78 is 4.79. The Hall–Kier alpha value is -2.17. The number of phenolic OH excluding ortho intramolecular Hbond substituents is 1. The third-order valence-corrected chi connectivity index (χ3v) is 2.12. The predicted molar refractivity (Wildman–Crippen MR) is 59.4 cm³/mol. The Morgan fingerprint density at radius 1 is 1.06 bits per heavy atom. The van der Waals surface area contributed by atoms with Crippen LogP contribution in [0.25, 0.3) is 0 Å². The van der Waals surface area contributed by atoms with Crippen LogP contribution in [0.4, 0.5) is 0 Å². The first-order valence-electron chi connectivity index (χ1n) is 4.90. The van der Waals surface area contributed by atoms with Crippen molar-refractivity contribution >= 4 is 17.5 Å². The average Bonchev–Trinajstić information content (AvgIpc) is 2.15. The lowest BCUT2D eigenvalue weighted by atomic mass is 10.0. The molecule has 0 unspecified atom stereocenters. The maximum Gasteiger partial charge on any atom is 0.308 e. The van der Waals surface area contributed by atoms with Gasteiger partial charge in [-0.2, -0.15) is 0 Å². The van der Waals surface area contributed by atoms with Crippen LogP contribution in [0.2, 0.25) is 0 Å². The van der Waals surface area contributed by atoms with E-state index in [4.69, 9.17) is 4.74 Å². The van der Waals surface area contributed by atoms with Gasteiger partial charge in [0.05, 0.1) is 5.56 Å². The Labute approximate surface area is 98.0 Å². The molecule has 0 aromatic heterocycles. The Bertz CT molecular complexity index is 502. The van der Waals surface area contributed by atoms with E-state index in [1.54, 1.807) is 0 Å². The minimum Gasteiger partial charge on any atom is -0.506 e. The molecule has 0 fully saturated rings. The summed E-state index contributed by atoms with van der Waals surface area (Å²) >= 11 is 0. The average molecular weight is 236 g/mol. The van der Waals surface area contributed by atoms with Gasteiger partial charge in [0.2, 0.25) is 0 Å². The van der Waals surface area contributed by atoms with Gasteiger partial charge in [-0.25, -0.2) is 0 Å². The molecule has 0 aliphatic carbocycles. The highest BCUT2D eigenvalue weighted by molar-refractivity contribution is 6.06. The zero-order valence-corrected chi connectivity index (χ0v) is 9.73. The van der Waals surface area contributed by atoms with Crippen molar-refractivity contribution in [3.8, 4) is 11.5 Å². The summed E-state index contributed by atoms with van der Waals surface area (Å²) in [6.07, 6.45) is 0. The second-order valence-electron chi connectivity index (χ2n) is 3.54. The summed E-state index contributed by atoms with van der Waals surface area (Å²) in [6.45, 7) is 3.66. The predicted octanol–water partition coefficient (Wildman–Crippen LogP) is 1.72. The molecular formula is C12H12O5. The highest BCUT2D eigenvalue weighted by Crippen LogP contribution is 2.32. The SMILES string of the molecule is CC(=O)Oc1ccc(C(C)=O)c(O)c1C(C)=O. The molecular weight excluding hydrogens is 224 g/mol. The van der Waals surface area contributed by atoms with E-state index in [1.807, 2.05) is 0 Å². The Kier molecular flexibility index (Phi) is 3.62. The zero-order chi connectivity index (χ0) is 13.2.